The standard InChI is InChI=1S/C25H17N3O2/c29-24(26-22-16-8-10-17-9-4-5-13-19(17)22)23-20-14-6-7-15-21(20)25(30)28(27-23)18-11-2-1-3-12-18/h1-16H,(H,26,29). The molecule has 4 aromatic carbocycles. The SMILES string of the molecule is O=C(Nc1cccc2ccccc12)c1nn(-c2ccccc2)c(=O)c2ccccc12. The van der Waals surface area contributed by atoms with Crippen molar-refractivity contribution in [2.24, 2.45) is 0 Å². The average molecular weight is 391 g/mol. The smallest absolute Gasteiger partial charge is 0.279 e. The van der Waals surface area contributed by atoms with E-state index in [1.165, 1.54) is 4.68 Å². The van der Waals surface area contributed by atoms with E-state index in [-0.39, 0.29) is 17.2 Å². The predicted octanol–water partition coefficient (Wildman–Crippen LogP) is 4.79. The van der Waals surface area contributed by atoms with Gasteiger partial charge in [0.1, 0.15) is 0 Å². The van der Waals surface area contributed by atoms with Crippen LogP contribution in [0.25, 0.3) is 27.2 Å². The number of rotatable bonds is 3. The molecule has 0 saturated heterocycles. The number of carbonyl (C=O) groups excluding carboxylic acids is 1. The molecule has 1 heterocycles. The summed E-state index contributed by atoms with van der Waals surface area (Å²) in [5.74, 6) is -0.368. The molecule has 1 amide bonds. The summed E-state index contributed by atoms with van der Waals surface area (Å²) in [5, 5.41) is 10.3. The number of aromatic nitrogens is 2. The highest BCUT2D eigenvalue weighted by Crippen LogP contribution is 2.24. The van der Waals surface area contributed by atoms with Crippen LogP contribution in [0.1, 0.15) is 10.5 Å². The molecule has 30 heavy (non-hydrogen) atoms. The van der Waals surface area contributed by atoms with Gasteiger partial charge in [0.05, 0.1) is 11.1 Å². The summed E-state index contributed by atoms with van der Waals surface area (Å²) in [4.78, 5) is 26.3. The van der Waals surface area contributed by atoms with Gasteiger partial charge in [0.15, 0.2) is 5.69 Å². The van der Waals surface area contributed by atoms with E-state index in [9.17, 15) is 9.59 Å². The zero-order valence-corrected chi connectivity index (χ0v) is 15.9. The lowest BCUT2D eigenvalue weighted by Crippen LogP contribution is -2.26. The number of anilines is 1. The molecule has 5 heteroatoms. The molecule has 0 unspecified atom stereocenters. The number of fused-ring (bicyclic) bond motifs is 2. The van der Waals surface area contributed by atoms with Crippen LogP contribution in [0, 0.1) is 0 Å². The normalized spacial score (nSPS) is 10.9. The minimum absolute atomic E-state index is 0.196. The topological polar surface area (TPSA) is 64.0 Å². The van der Waals surface area contributed by atoms with Crippen LogP contribution in [-0.4, -0.2) is 15.7 Å². The van der Waals surface area contributed by atoms with Crippen LogP contribution < -0.4 is 10.9 Å². The number of hydrogen-bond donors (Lipinski definition) is 1. The van der Waals surface area contributed by atoms with Crippen LogP contribution >= 0.6 is 0 Å². The van der Waals surface area contributed by atoms with Gasteiger partial charge in [0.25, 0.3) is 11.5 Å². The lowest BCUT2D eigenvalue weighted by atomic mass is 10.1. The minimum Gasteiger partial charge on any atom is -0.320 e. The zero-order valence-electron chi connectivity index (χ0n) is 15.9. The third-order valence-corrected chi connectivity index (χ3v) is 5.06. The largest absolute Gasteiger partial charge is 0.320 e. The first-order chi connectivity index (χ1) is 14.7. The summed E-state index contributed by atoms with van der Waals surface area (Å²) < 4.78 is 1.28. The predicted molar refractivity (Wildman–Crippen MR) is 119 cm³/mol. The van der Waals surface area contributed by atoms with Crippen molar-refractivity contribution in [2.75, 3.05) is 5.32 Å². The number of amides is 1. The highest BCUT2D eigenvalue weighted by Gasteiger charge is 2.18. The van der Waals surface area contributed by atoms with E-state index in [1.54, 1.807) is 36.4 Å². The fourth-order valence-corrected chi connectivity index (χ4v) is 3.62. The summed E-state index contributed by atoms with van der Waals surface area (Å²) in [6, 6.07) is 29.7. The number of carbonyl (C=O) groups is 1. The molecule has 0 saturated carbocycles. The third kappa shape index (κ3) is 3.02. The van der Waals surface area contributed by atoms with Crippen molar-refractivity contribution in [2.45, 2.75) is 0 Å². The Morgan fingerprint density at radius 2 is 1.33 bits per heavy atom. The maximum Gasteiger partial charge on any atom is 0.279 e. The molecule has 0 aliphatic rings. The van der Waals surface area contributed by atoms with E-state index in [4.69, 9.17) is 0 Å². The summed E-state index contributed by atoms with van der Waals surface area (Å²) in [5.41, 5.74) is 1.23. The molecule has 5 nitrogen and oxygen atoms in total. The van der Waals surface area contributed by atoms with Gasteiger partial charge < -0.3 is 5.32 Å². The van der Waals surface area contributed by atoms with Crippen molar-refractivity contribution < 1.29 is 4.79 Å². The first-order valence-corrected chi connectivity index (χ1v) is 9.59. The second-order valence-electron chi connectivity index (χ2n) is 6.93. The van der Waals surface area contributed by atoms with Crippen LogP contribution in [0.4, 0.5) is 5.69 Å². The summed E-state index contributed by atoms with van der Waals surface area (Å²) >= 11 is 0. The van der Waals surface area contributed by atoms with Gasteiger partial charge in [0.2, 0.25) is 0 Å². The van der Waals surface area contributed by atoms with E-state index in [2.05, 4.69) is 10.4 Å². The van der Waals surface area contributed by atoms with Gasteiger partial charge in [-0.15, -0.1) is 0 Å². The quantitative estimate of drug-likeness (QED) is 0.481. The molecule has 1 aromatic heterocycles. The zero-order chi connectivity index (χ0) is 20.5. The number of nitrogens with one attached hydrogen (secondary N) is 1. The Hall–Kier alpha value is -4.25. The number of hydrogen-bond acceptors (Lipinski definition) is 3. The van der Waals surface area contributed by atoms with E-state index in [0.29, 0.717) is 22.1 Å². The molecule has 0 fully saturated rings. The van der Waals surface area contributed by atoms with Gasteiger partial charge in [-0.3, -0.25) is 9.59 Å². The summed E-state index contributed by atoms with van der Waals surface area (Å²) in [7, 11) is 0. The lowest BCUT2D eigenvalue weighted by Gasteiger charge is -2.12. The summed E-state index contributed by atoms with van der Waals surface area (Å²) in [6.45, 7) is 0. The van der Waals surface area contributed by atoms with Crippen molar-refractivity contribution in [1.82, 2.24) is 9.78 Å². The van der Waals surface area contributed by atoms with Gasteiger partial charge in [-0.1, -0.05) is 72.8 Å². The summed E-state index contributed by atoms with van der Waals surface area (Å²) in [6.07, 6.45) is 0. The average Bonchev–Trinajstić information content (AvgIpc) is 2.80. The molecule has 5 aromatic rings. The minimum atomic E-state index is -0.368. The number of para-hydroxylation sites is 1. The van der Waals surface area contributed by atoms with Gasteiger partial charge >= 0.3 is 0 Å². The van der Waals surface area contributed by atoms with Crippen LogP contribution in [0.15, 0.2) is 102 Å². The molecule has 5 rings (SSSR count). The van der Waals surface area contributed by atoms with Crippen molar-refractivity contribution in [3.8, 4) is 5.69 Å². The highest BCUT2D eigenvalue weighted by atomic mass is 16.2. The Kier molecular flexibility index (Phi) is 4.33. The van der Waals surface area contributed by atoms with E-state index >= 15 is 0 Å². The Morgan fingerprint density at radius 1 is 0.700 bits per heavy atom. The Bertz CT molecular complexity index is 1450. The molecule has 0 aliphatic carbocycles. The second kappa shape index (κ2) is 7.29. The Balaban J connectivity index is 1.67. The fourth-order valence-electron chi connectivity index (χ4n) is 3.62. The molecule has 144 valence electrons. The molecular formula is C25H17N3O2. The van der Waals surface area contributed by atoms with Crippen LogP contribution in [0.2, 0.25) is 0 Å². The molecule has 1 N–H and O–H groups in total. The molecule has 0 bridgehead atoms. The monoisotopic (exact) mass is 391 g/mol. The maximum absolute atomic E-state index is 13.3. The van der Waals surface area contributed by atoms with Crippen LogP contribution in [0.3, 0.4) is 0 Å². The van der Waals surface area contributed by atoms with Crippen molar-refractivity contribution in [1.29, 1.82) is 0 Å². The maximum atomic E-state index is 13.3. The molecular weight excluding hydrogens is 374 g/mol. The highest BCUT2D eigenvalue weighted by molar-refractivity contribution is 6.13. The van der Waals surface area contributed by atoms with E-state index < -0.39 is 0 Å². The molecule has 0 spiro atoms. The molecule has 0 atom stereocenters. The number of nitrogens with zero attached hydrogens (tertiary/aromatic N) is 2. The van der Waals surface area contributed by atoms with Gasteiger partial charge in [-0.25, -0.2) is 0 Å². The first kappa shape index (κ1) is 17.8. The number of benzene rings is 4. The van der Waals surface area contributed by atoms with E-state index in [1.807, 2.05) is 60.7 Å². The Morgan fingerprint density at radius 3 is 2.13 bits per heavy atom. The first-order valence-electron chi connectivity index (χ1n) is 9.59. The Labute approximate surface area is 172 Å². The van der Waals surface area contributed by atoms with Crippen molar-refractivity contribution in [3.05, 3.63) is 113 Å². The van der Waals surface area contributed by atoms with Crippen LogP contribution in [0.5, 0.6) is 0 Å². The fraction of sp³-hybridized carbons (Fsp3) is 0. The van der Waals surface area contributed by atoms with Gasteiger partial charge in [-0.2, -0.15) is 9.78 Å². The molecule has 0 radical (unpaired) electrons. The third-order valence-electron chi connectivity index (χ3n) is 5.06. The molecule has 0 aliphatic heterocycles. The second-order valence-corrected chi connectivity index (χ2v) is 6.93. The van der Waals surface area contributed by atoms with Crippen LogP contribution in [-0.2, 0) is 0 Å². The van der Waals surface area contributed by atoms with E-state index in [0.717, 1.165) is 10.8 Å². The van der Waals surface area contributed by atoms with Gasteiger partial charge in [-0.05, 0) is 29.7 Å². The van der Waals surface area contributed by atoms with Crippen molar-refractivity contribution in [3.63, 3.8) is 0 Å². The van der Waals surface area contributed by atoms with Crippen molar-refractivity contribution >= 4 is 33.1 Å². The van der Waals surface area contributed by atoms with Gasteiger partial charge in [0, 0.05) is 16.5 Å². The lowest BCUT2D eigenvalue weighted by molar-refractivity contribution is 0.102.